The van der Waals surface area contributed by atoms with Crippen LogP contribution in [0.4, 0.5) is 0 Å². The minimum Gasteiger partial charge on any atom is -0.465 e. The Bertz CT molecular complexity index is 319. The second-order valence-corrected chi connectivity index (χ2v) is 3.85. The Kier molecular flexibility index (Phi) is 4.63. The van der Waals surface area contributed by atoms with Crippen LogP contribution < -0.4 is 0 Å². The summed E-state index contributed by atoms with van der Waals surface area (Å²) in [5.41, 5.74) is 2.25. The van der Waals surface area contributed by atoms with E-state index in [1.165, 1.54) is 6.92 Å². The van der Waals surface area contributed by atoms with Gasteiger partial charge in [0.25, 0.3) is 0 Å². The second kappa shape index (κ2) is 5.76. The van der Waals surface area contributed by atoms with E-state index < -0.39 is 0 Å². The van der Waals surface area contributed by atoms with Gasteiger partial charge in [-0.05, 0) is 11.1 Å². The summed E-state index contributed by atoms with van der Waals surface area (Å²) in [6.07, 6.45) is 0. The van der Waals surface area contributed by atoms with Gasteiger partial charge in [0.1, 0.15) is 0 Å². The SMILES string of the molecule is CC(=O)OC[C@@H](C)c1ccc(CCl)cc1. The monoisotopic (exact) mass is 226 g/mol. The Balaban J connectivity index is 2.57. The van der Waals surface area contributed by atoms with Crippen molar-refractivity contribution in [2.24, 2.45) is 0 Å². The van der Waals surface area contributed by atoms with Crippen molar-refractivity contribution < 1.29 is 9.53 Å². The van der Waals surface area contributed by atoms with Gasteiger partial charge in [0.2, 0.25) is 0 Å². The smallest absolute Gasteiger partial charge is 0.302 e. The zero-order valence-corrected chi connectivity index (χ0v) is 9.75. The van der Waals surface area contributed by atoms with Crippen LogP contribution in [0.2, 0.25) is 0 Å². The van der Waals surface area contributed by atoms with Crippen LogP contribution in [0.5, 0.6) is 0 Å². The summed E-state index contributed by atoms with van der Waals surface area (Å²) < 4.78 is 4.95. The van der Waals surface area contributed by atoms with E-state index in [-0.39, 0.29) is 11.9 Å². The number of alkyl halides is 1. The molecule has 0 saturated carbocycles. The van der Waals surface area contributed by atoms with E-state index in [9.17, 15) is 4.79 Å². The molecule has 3 heteroatoms. The molecule has 0 radical (unpaired) electrons. The zero-order chi connectivity index (χ0) is 11.3. The number of carbonyl (C=O) groups excluding carboxylic acids is 1. The molecule has 0 heterocycles. The maximum Gasteiger partial charge on any atom is 0.302 e. The van der Waals surface area contributed by atoms with Crippen molar-refractivity contribution in [3.63, 3.8) is 0 Å². The van der Waals surface area contributed by atoms with Crippen molar-refractivity contribution in [1.29, 1.82) is 0 Å². The van der Waals surface area contributed by atoms with Crippen LogP contribution in [0, 0.1) is 0 Å². The van der Waals surface area contributed by atoms with E-state index >= 15 is 0 Å². The molecule has 1 aromatic rings. The van der Waals surface area contributed by atoms with Crippen LogP contribution in [0.15, 0.2) is 24.3 Å². The molecule has 0 aliphatic heterocycles. The standard InChI is InChI=1S/C12H15ClO2/c1-9(8-15-10(2)14)12-5-3-11(7-13)4-6-12/h3-6,9H,7-8H2,1-2H3/t9-/m1/s1. The van der Waals surface area contributed by atoms with Gasteiger partial charge < -0.3 is 4.74 Å². The number of rotatable bonds is 4. The molecule has 0 unspecified atom stereocenters. The molecule has 1 atom stereocenters. The fourth-order valence-electron chi connectivity index (χ4n) is 1.27. The lowest BCUT2D eigenvalue weighted by atomic mass is 10.0. The van der Waals surface area contributed by atoms with Crippen LogP contribution in [0.3, 0.4) is 0 Å². The third kappa shape index (κ3) is 3.92. The first-order chi connectivity index (χ1) is 7.13. The van der Waals surface area contributed by atoms with Crippen LogP contribution in [-0.4, -0.2) is 12.6 Å². The van der Waals surface area contributed by atoms with Gasteiger partial charge in [0, 0.05) is 18.7 Å². The number of esters is 1. The van der Waals surface area contributed by atoms with Gasteiger partial charge in [-0.1, -0.05) is 31.2 Å². The predicted molar refractivity (Wildman–Crippen MR) is 61.0 cm³/mol. The lowest BCUT2D eigenvalue weighted by molar-refractivity contribution is -0.141. The topological polar surface area (TPSA) is 26.3 Å². The largest absolute Gasteiger partial charge is 0.465 e. The molecule has 0 saturated heterocycles. The molecule has 0 fully saturated rings. The first-order valence-electron chi connectivity index (χ1n) is 4.91. The molecule has 15 heavy (non-hydrogen) atoms. The molecule has 0 spiro atoms. The molecule has 82 valence electrons. The number of ether oxygens (including phenoxy) is 1. The lowest BCUT2D eigenvalue weighted by Gasteiger charge is -2.11. The Hall–Kier alpha value is -1.02. The molecule has 0 aromatic heterocycles. The van der Waals surface area contributed by atoms with E-state index in [2.05, 4.69) is 0 Å². The molecule has 0 aliphatic rings. The van der Waals surface area contributed by atoms with Gasteiger partial charge in [-0.15, -0.1) is 11.6 Å². The third-order valence-electron chi connectivity index (χ3n) is 2.24. The van der Waals surface area contributed by atoms with Gasteiger partial charge in [-0.3, -0.25) is 4.79 Å². The van der Waals surface area contributed by atoms with Gasteiger partial charge in [0.15, 0.2) is 0 Å². The first-order valence-corrected chi connectivity index (χ1v) is 5.45. The highest BCUT2D eigenvalue weighted by molar-refractivity contribution is 6.17. The van der Waals surface area contributed by atoms with Crippen molar-refractivity contribution in [2.45, 2.75) is 25.6 Å². The zero-order valence-electron chi connectivity index (χ0n) is 9.00. The van der Waals surface area contributed by atoms with Gasteiger partial charge in [-0.2, -0.15) is 0 Å². The van der Waals surface area contributed by atoms with E-state index in [0.29, 0.717) is 12.5 Å². The third-order valence-corrected chi connectivity index (χ3v) is 2.55. The highest BCUT2D eigenvalue weighted by Crippen LogP contribution is 2.17. The van der Waals surface area contributed by atoms with Crippen molar-refractivity contribution in [3.8, 4) is 0 Å². The Morgan fingerprint density at radius 1 is 1.40 bits per heavy atom. The minimum atomic E-state index is -0.237. The van der Waals surface area contributed by atoms with Crippen molar-refractivity contribution in [2.75, 3.05) is 6.61 Å². The summed E-state index contributed by atoms with van der Waals surface area (Å²) in [6, 6.07) is 8.02. The maximum absolute atomic E-state index is 10.6. The van der Waals surface area contributed by atoms with E-state index in [0.717, 1.165) is 11.1 Å². The second-order valence-electron chi connectivity index (χ2n) is 3.58. The maximum atomic E-state index is 10.6. The molecular weight excluding hydrogens is 212 g/mol. The molecule has 0 bridgehead atoms. The van der Waals surface area contributed by atoms with Gasteiger partial charge in [-0.25, -0.2) is 0 Å². The number of halogens is 1. The summed E-state index contributed by atoms with van der Waals surface area (Å²) in [4.78, 5) is 10.6. The summed E-state index contributed by atoms with van der Waals surface area (Å²) in [7, 11) is 0. The number of hydrogen-bond donors (Lipinski definition) is 0. The summed E-state index contributed by atoms with van der Waals surface area (Å²) in [6.45, 7) is 3.87. The number of hydrogen-bond acceptors (Lipinski definition) is 2. The van der Waals surface area contributed by atoms with Crippen LogP contribution >= 0.6 is 11.6 Å². The van der Waals surface area contributed by atoms with Gasteiger partial charge >= 0.3 is 5.97 Å². The lowest BCUT2D eigenvalue weighted by Crippen LogP contribution is -2.07. The molecule has 0 N–H and O–H groups in total. The van der Waals surface area contributed by atoms with E-state index in [1.807, 2.05) is 31.2 Å². The van der Waals surface area contributed by atoms with Crippen LogP contribution in [0.1, 0.15) is 30.9 Å². The van der Waals surface area contributed by atoms with Crippen molar-refractivity contribution in [1.82, 2.24) is 0 Å². The fourth-order valence-corrected chi connectivity index (χ4v) is 1.45. The number of benzene rings is 1. The highest BCUT2D eigenvalue weighted by atomic mass is 35.5. The van der Waals surface area contributed by atoms with E-state index in [1.54, 1.807) is 0 Å². The Morgan fingerprint density at radius 3 is 2.47 bits per heavy atom. The van der Waals surface area contributed by atoms with Crippen LogP contribution in [-0.2, 0) is 15.4 Å². The highest BCUT2D eigenvalue weighted by Gasteiger charge is 2.06. The molecule has 1 aromatic carbocycles. The minimum absolute atomic E-state index is 0.221. The van der Waals surface area contributed by atoms with Crippen molar-refractivity contribution >= 4 is 17.6 Å². The molecule has 0 amide bonds. The molecule has 1 rings (SSSR count). The summed E-state index contributed by atoms with van der Waals surface area (Å²) in [5, 5.41) is 0. The average molecular weight is 227 g/mol. The number of carbonyl (C=O) groups is 1. The predicted octanol–water partition coefficient (Wildman–Crippen LogP) is 3.09. The Labute approximate surface area is 95.2 Å². The normalized spacial score (nSPS) is 12.2. The van der Waals surface area contributed by atoms with Crippen molar-refractivity contribution in [3.05, 3.63) is 35.4 Å². The molecular formula is C12H15ClO2. The van der Waals surface area contributed by atoms with E-state index in [4.69, 9.17) is 16.3 Å². The Morgan fingerprint density at radius 2 is 2.00 bits per heavy atom. The summed E-state index contributed by atoms with van der Waals surface area (Å²) >= 11 is 5.69. The quantitative estimate of drug-likeness (QED) is 0.583. The first kappa shape index (κ1) is 12.1. The average Bonchev–Trinajstić information content (AvgIpc) is 2.26. The fraction of sp³-hybridized carbons (Fsp3) is 0.417. The van der Waals surface area contributed by atoms with Crippen LogP contribution in [0.25, 0.3) is 0 Å². The molecule has 0 aliphatic carbocycles. The molecule has 2 nitrogen and oxygen atoms in total. The van der Waals surface area contributed by atoms with Gasteiger partial charge in [0.05, 0.1) is 6.61 Å². The summed E-state index contributed by atoms with van der Waals surface area (Å²) in [5.74, 6) is 0.510.